The summed E-state index contributed by atoms with van der Waals surface area (Å²) in [5, 5.41) is 5.80. The Labute approximate surface area is 174 Å². The molecule has 3 aromatic rings. The molecule has 1 N–H and O–H groups in total. The summed E-state index contributed by atoms with van der Waals surface area (Å²) < 4.78 is 33.5. The van der Waals surface area contributed by atoms with E-state index in [0.29, 0.717) is 18.1 Å². The van der Waals surface area contributed by atoms with Crippen LogP contribution >= 0.6 is 11.3 Å². The number of rotatable bonds is 6. The number of benzene rings is 1. The fraction of sp³-hybridized carbons (Fsp3) is 0.300. The molecule has 0 bridgehead atoms. The van der Waals surface area contributed by atoms with Crippen LogP contribution in [0.2, 0.25) is 0 Å². The van der Waals surface area contributed by atoms with Gasteiger partial charge in [0.05, 0.1) is 23.7 Å². The zero-order chi connectivity index (χ0) is 20.4. The molecular weight excluding hydrogens is 408 g/mol. The van der Waals surface area contributed by atoms with Crippen molar-refractivity contribution < 1.29 is 13.2 Å². The van der Waals surface area contributed by atoms with Crippen molar-refractivity contribution in [2.45, 2.75) is 30.7 Å². The summed E-state index contributed by atoms with van der Waals surface area (Å²) >= 11 is 1.48. The Morgan fingerprint density at radius 1 is 1.28 bits per heavy atom. The molecule has 1 saturated heterocycles. The molecule has 2 aromatic heterocycles. The van der Waals surface area contributed by atoms with Crippen molar-refractivity contribution in [1.29, 1.82) is 0 Å². The number of sulfonamides is 1. The van der Waals surface area contributed by atoms with Crippen LogP contribution in [-0.2, 0) is 10.0 Å². The average molecular weight is 431 g/mol. The van der Waals surface area contributed by atoms with E-state index in [1.54, 1.807) is 35.8 Å². The third-order valence-corrected chi connectivity index (χ3v) is 7.55. The summed E-state index contributed by atoms with van der Waals surface area (Å²) in [5.74, 6) is 1.33. The molecule has 1 atom stereocenters. The van der Waals surface area contributed by atoms with Gasteiger partial charge >= 0.3 is 0 Å². The van der Waals surface area contributed by atoms with Gasteiger partial charge in [0.25, 0.3) is 0 Å². The van der Waals surface area contributed by atoms with Gasteiger partial charge in [0, 0.05) is 18.1 Å². The Morgan fingerprint density at radius 3 is 2.86 bits per heavy atom. The van der Waals surface area contributed by atoms with Gasteiger partial charge in [-0.25, -0.2) is 18.4 Å². The smallest absolute Gasteiger partial charge is 0.243 e. The largest absolute Gasteiger partial charge is 0.496 e. The number of hydrogen-bond donors (Lipinski definition) is 1. The minimum absolute atomic E-state index is 0.278. The molecular formula is C20H22N4O3S2. The summed E-state index contributed by atoms with van der Waals surface area (Å²) in [5.41, 5.74) is 1.52. The average Bonchev–Trinajstić information content (AvgIpc) is 3.40. The second-order valence-electron chi connectivity index (χ2n) is 6.82. The normalized spacial score (nSPS) is 17.4. The Balaban J connectivity index is 1.63. The van der Waals surface area contributed by atoms with Gasteiger partial charge in [0.15, 0.2) is 5.13 Å². The van der Waals surface area contributed by atoms with E-state index in [0.717, 1.165) is 29.2 Å². The number of methoxy groups -OCH3 is 1. The molecule has 1 aromatic carbocycles. The molecule has 29 heavy (non-hydrogen) atoms. The Hall–Kier alpha value is -2.49. The molecule has 9 heteroatoms. The monoisotopic (exact) mass is 430 g/mol. The lowest BCUT2D eigenvalue weighted by Crippen LogP contribution is -2.31. The molecule has 3 heterocycles. The number of nitrogens with zero attached hydrogens (tertiary/aromatic N) is 3. The molecule has 1 fully saturated rings. The first kappa shape index (κ1) is 19.8. The summed E-state index contributed by atoms with van der Waals surface area (Å²) in [6.07, 6.45) is 3.26. The predicted molar refractivity (Wildman–Crippen MR) is 113 cm³/mol. The van der Waals surface area contributed by atoms with E-state index in [1.165, 1.54) is 11.3 Å². The molecule has 4 rings (SSSR count). The topological polar surface area (TPSA) is 84.4 Å². The molecule has 0 aliphatic carbocycles. The van der Waals surface area contributed by atoms with E-state index in [1.807, 2.05) is 30.5 Å². The van der Waals surface area contributed by atoms with Crippen molar-refractivity contribution in [3.05, 3.63) is 59.2 Å². The van der Waals surface area contributed by atoms with Gasteiger partial charge in [0.1, 0.15) is 11.6 Å². The van der Waals surface area contributed by atoms with Crippen LogP contribution < -0.4 is 10.1 Å². The highest BCUT2D eigenvalue weighted by Crippen LogP contribution is 2.37. The number of nitrogens with one attached hydrogen (secondary N) is 1. The van der Waals surface area contributed by atoms with Crippen molar-refractivity contribution >= 4 is 32.3 Å². The van der Waals surface area contributed by atoms with E-state index in [2.05, 4.69) is 15.3 Å². The minimum Gasteiger partial charge on any atom is -0.496 e. The van der Waals surface area contributed by atoms with E-state index in [-0.39, 0.29) is 10.9 Å². The van der Waals surface area contributed by atoms with Gasteiger partial charge in [-0.1, -0.05) is 6.07 Å². The van der Waals surface area contributed by atoms with Gasteiger partial charge in [0.2, 0.25) is 10.0 Å². The fourth-order valence-electron chi connectivity index (χ4n) is 3.57. The second-order valence-corrected chi connectivity index (χ2v) is 9.60. The highest BCUT2D eigenvalue weighted by molar-refractivity contribution is 7.89. The standard InChI is InChI=1S/C20H22N4O3S2/c1-14-13-15(8-9-18(14)27-2)29(25,26)24-11-4-6-17(24)16-5-3-7-19(22-16)23-20-21-10-12-28-20/h3,5,7-10,12-13,17H,4,6,11H2,1-2H3,(H,21,22,23). The third-order valence-electron chi connectivity index (χ3n) is 4.96. The summed E-state index contributed by atoms with van der Waals surface area (Å²) in [4.78, 5) is 9.14. The second kappa shape index (κ2) is 8.10. The number of aryl methyl sites for hydroxylation is 1. The van der Waals surface area contributed by atoms with Gasteiger partial charge in [-0.2, -0.15) is 4.31 Å². The maximum absolute atomic E-state index is 13.3. The van der Waals surface area contributed by atoms with E-state index >= 15 is 0 Å². The Kier molecular flexibility index (Phi) is 5.53. The molecule has 0 spiro atoms. The number of thiazole rings is 1. The van der Waals surface area contributed by atoms with Crippen LogP contribution in [0.25, 0.3) is 0 Å². The molecule has 1 aliphatic heterocycles. The first-order valence-electron chi connectivity index (χ1n) is 9.29. The van der Waals surface area contributed by atoms with Gasteiger partial charge < -0.3 is 10.1 Å². The number of ether oxygens (including phenoxy) is 1. The molecule has 152 valence electrons. The van der Waals surface area contributed by atoms with Crippen molar-refractivity contribution in [2.75, 3.05) is 19.0 Å². The lowest BCUT2D eigenvalue weighted by atomic mass is 10.1. The number of anilines is 2. The Bertz CT molecular complexity index is 1100. The first-order valence-corrected chi connectivity index (χ1v) is 11.6. The van der Waals surface area contributed by atoms with Crippen LogP contribution in [-0.4, -0.2) is 36.3 Å². The lowest BCUT2D eigenvalue weighted by Gasteiger charge is -2.24. The minimum atomic E-state index is -3.64. The number of pyridine rings is 1. The zero-order valence-corrected chi connectivity index (χ0v) is 17.8. The SMILES string of the molecule is COc1ccc(S(=O)(=O)N2CCCC2c2cccc(Nc3nccs3)n2)cc1C. The molecule has 7 nitrogen and oxygen atoms in total. The zero-order valence-electron chi connectivity index (χ0n) is 16.2. The molecule has 0 radical (unpaired) electrons. The van der Waals surface area contributed by atoms with Gasteiger partial charge in [-0.3, -0.25) is 0 Å². The fourth-order valence-corrected chi connectivity index (χ4v) is 5.86. The van der Waals surface area contributed by atoms with E-state index in [9.17, 15) is 8.42 Å². The van der Waals surface area contributed by atoms with Crippen LogP contribution in [0.3, 0.4) is 0 Å². The maximum atomic E-state index is 13.3. The molecule has 1 aliphatic rings. The van der Waals surface area contributed by atoms with Crippen molar-refractivity contribution in [2.24, 2.45) is 0 Å². The van der Waals surface area contributed by atoms with Crippen molar-refractivity contribution in [1.82, 2.24) is 14.3 Å². The summed E-state index contributed by atoms with van der Waals surface area (Å²) in [6.45, 7) is 2.32. The van der Waals surface area contributed by atoms with Crippen LogP contribution in [0.4, 0.5) is 10.9 Å². The summed E-state index contributed by atoms with van der Waals surface area (Å²) in [7, 11) is -2.06. The van der Waals surface area contributed by atoms with Crippen LogP contribution in [0, 0.1) is 6.92 Å². The number of aromatic nitrogens is 2. The summed E-state index contributed by atoms with van der Waals surface area (Å²) in [6, 6.07) is 10.3. The highest BCUT2D eigenvalue weighted by Gasteiger charge is 2.37. The maximum Gasteiger partial charge on any atom is 0.243 e. The molecule has 1 unspecified atom stereocenters. The van der Waals surface area contributed by atoms with Crippen molar-refractivity contribution in [3.8, 4) is 5.75 Å². The molecule has 0 saturated carbocycles. The predicted octanol–water partition coefficient (Wildman–Crippen LogP) is 4.12. The van der Waals surface area contributed by atoms with Crippen LogP contribution in [0.5, 0.6) is 5.75 Å². The highest BCUT2D eigenvalue weighted by atomic mass is 32.2. The third kappa shape index (κ3) is 3.98. The number of hydrogen-bond acceptors (Lipinski definition) is 7. The van der Waals surface area contributed by atoms with Crippen molar-refractivity contribution in [3.63, 3.8) is 0 Å². The quantitative estimate of drug-likeness (QED) is 0.633. The lowest BCUT2D eigenvalue weighted by molar-refractivity contribution is 0.390. The first-order chi connectivity index (χ1) is 14.0. The Morgan fingerprint density at radius 2 is 2.14 bits per heavy atom. The van der Waals surface area contributed by atoms with Crippen LogP contribution in [0.1, 0.15) is 30.1 Å². The van der Waals surface area contributed by atoms with Crippen LogP contribution in [0.15, 0.2) is 52.9 Å². The van der Waals surface area contributed by atoms with E-state index in [4.69, 9.17) is 4.74 Å². The van der Waals surface area contributed by atoms with E-state index < -0.39 is 10.0 Å². The molecule has 0 amide bonds. The van der Waals surface area contributed by atoms with Gasteiger partial charge in [-0.15, -0.1) is 11.3 Å². The van der Waals surface area contributed by atoms with Gasteiger partial charge in [-0.05, 0) is 55.7 Å².